The molecule has 0 aliphatic heterocycles. The van der Waals surface area contributed by atoms with E-state index in [2.05, 4.69) is 31.3 Å². The van der Waals surface area contributed by atoms with Crippen LogP contribution in [0, 0.1) is 0 Å². The fraction of sp³-hybridized carbons (Fsp3) is 0.897. The first-order chi connectivity index (χ1) is 31.5. The van der Waals surface area contributed by atoms with Gasteiger partial charge in [0.2, 0.25) is 5.91 Å². The zero-order valence-corrected chi connectivity index (χ0v) is 43.0. The minimum Gasteiger partial charge on any atom is -0.466 e. The van der Waals surface area contributed by atoms with Gasteiger partial charge >= 0.3 is 5.97 Å². The molecule has 0 aromatic heterocycles. The molecule has 0 rings (SSSR count). The highest BCUT2D eigenvalue weighted by Gasteiger charge is 2.18. The molecule has 0 heterocycles. The highest BCUT2D eigenvalue weighted by atomic mass is 16.5. The van der Waals surface area contributed by atoms with Gasteiger partial charge in [-0.3, -0.25) is 9.59 Å². The maximum atomic E-state index is 12.5. The summed E-state index contributed by atoms with van der Waals surface area (Å²) in [5.74, 6) is -0.0895. The van der Waals surface area contributed by atoms with E-state index in [9.17, 15) is 19.8 Å². The Morgan fingerprint density at radius 3 is 1.11 bits per heavy atom. The van der Waals surface area contributed by atoms with Gasteiger partial charge in [0.15, 0.2) is 0 Å². The Labute approximate surface area is 399 Å². The fourth-order valence-corrected chi connectivity index (χ4v) is 8.81. The Bertz CT molecular complexity index is 997. The average molecular weight is 903 g/mol. The standard InChI is InChI=1S/C58H111NO5/c1-3-5-7-9-11-13-15-17-19-20-23-26-30-34-38-42-46-50-56(61)55(54-60)59-57(62)51-47-43-39-35-31-27-24-21-25-29-33-37-41-45-49-53-64-58(63)52-48-44-40-36-32-28-22-18-16-14-12-10-8-6-4-2/h25,29,46,50,55-56,60-61H,3-24,26-28,30-45,47-49,51-54H2,1-2H3,(H,59,62)/b29-25-,50-46+. The summed E-state index contributed by atoms with van der Waals surface area (Å²) in [5, 5.41) is 23.1. The number of aliphatic hydroxyl groups is 2. The van der Waals surface area contributed by atoms with Crippen LogP contribution in [0.5, 0.6) is 0 Å². The molecule has 0 aliphatic rings. The van der Waals surface area contributed by atoms with Gasteiger partial charge < -0.3 is 20.3 Å². The minimum absolute atomic E-state index is 0.00813. The summed E-state index contributed by atoms with van der Waals surface area (Å²) < 4.78 is 5.46. The zero-order chi connectivity index (χ0) is 46.5. The van der Waals surface area contributed by atoms with Crippen LogP contribution >= 0.6 is 0 Å². The number of hydrogen-bond donors (Lipinski definition) is 3. The van der Waals surface area contributed by atoms with Crippen molar-refractivity contribution in [1.29, 1.82) is 0 Å². The van der Waals surface area contributed by atoms with Gasteiger partial charge in [0.1, 0.15) is 0 Å². The van der Waals surface area contributed by atoms with Gasteiger partial charge in [-0.05, 0) is 57.8 Å². The second-order valence-corrected chi connectivity index (χ2v) is 19.6. The molecule has 0 radical (unpaired) electrons. The lowest BCUT2D eigenvalue weighted by atomic mass is 10.0. The molecule has 0 bridgehead atoms. The number of esters is 1. The lowest BCUT2D eigenvalue weighted by Gasteiger charge is -2.20. The Morgan fingerprint density at radius 2 is 0.734 bits per heavy atom. The molecule has 0 fully saturated rings. The zero-order valence-electron chi connectivity index (χ0n) is 43.0. The number of carbonyl (C=O) groups excluding carboxylic acids is 2. The quantitative estimate of drug-likeness (QED) is 0.0321. The van der Waals surface area contributed by atoms with Crippen LogP contribution in [0.4, 0.5) is 0 Å². The van der Waals surface area contributed by atoms with Crippen molar-refractivity contribution in [2.75, 3.05) is 13.2 Å². The summed E-state index contributed by atoms with van der Waals surface area (Å²) in [5.41, 5.74) is 0. The van der Waals surface area contributed by atoms with E-state index in [0.29, 0.717) is 19.4 Å². The second kappa shape index (κ2) is 54.0. The number of ether oxygens (including phenoxy) is 1. The van der Waals surface area contributed by atoms with Crippen LogP contribution < -0.4 is 5.32 Å². The van der Waals surface area contributed by atoms with Crippen molar-refractivity contribution in [3.8, 4) is 0 Å². The predicted molar refractivity (Wildman–Crippen MR) is 278 cm³/mol. The number of aliphatic hydroxyl groups excluding tert-OH is 2. The number of rotatable bonds is 53. The highest BCUT2D eigenvalue weighted by molar-refractivity contribution is 5.76. The third kappa shape index (κ3) is 49.8. The van der Waals surface area contributed by atoms with Gasteiger partial charge in [-0.15, -0.1) is 0 Å². The van der Waals surface area contributed by atoms with Crippen LogP contribution in [0.1, 0.15) is 309 Å². The molecule has 378 valence electrons. The smallest absolute Gasteiger partial charge is 0.305 e. The molecule has 6 nitrogen and oxygen atoms in total. The van der Waals surface area contributed by atoms with Crippen molar-refractivity contribution in [2.24, 2.45) is 0 Å². The van der Waals surface area contributed by atoms with Crippen molar-refractivity contribution in [3.05, 3.63) is 24.3 Å². The first-order valence-electron chi connectivity index (χ1n) is 28.6. The molecule has 0 aromatic carbocycles. The lowest BCUT2D eigenvalue weighted by molar-refractivity contribution is -0.143. The van der Waals surface area contributed by atoms with Crippen molar-refractivity contribution in [3.63, 3.8) is 0 Å². The Hall–Kier alpha value is -1.66. The van der Waals surface area contributed by atoms with Crippen LogP contribution in [-0.2, 0) is 14.3 Å². The molecule has 0 spiro atoms. The summed E-state index contributed by atoms with van der Waals surface area (Å²) in [4.78, 5) is 24.5. The largest absolute Gasteiger partial charge is 0.466 e. The van der Waals surface area contributed by atoms with Crippen molar-refractivity contribution in [2.45, 2.75) is 321 Å². The number of allylic oxidation sites excluding steroid dienone is 3. The van der Waals surface area contributed by atoms with Crippen molar-refractivity contribution >= 4 is 11.9 Å². The van der Waals surface area contributed by atoms with Crippen LogP contribution in [0.3, 0.4) is 0 Å². The van der Waals surface area contributed by atoms with E-state index in [0.717, 1.165) is 70.6 Å². The molecular weight excluding hydrogens is 791 g/mol. The summed E-state index contributed by atoms with van der Waals surface area (Å²) >= 11 is 0. The monoisotopic (exact) mass is 902 g/mol. The highest BCUT2D eigenvalue weighted by Crippen LogP contribution is 2.17. The molecule has 0 aromatic rings. The van der Waals surface area contributed by atoms with Crippen LogP contribution in [0.15, 0.2) is 24.3 Å². The lowest BCUT2D eigenvalue weighted by Crippen LogP contribution is -2.45. The van der Waals surface area contributed by atoms with Gasteiger partial charge in [0.05, 0.1) is 25.4 Å². The maximum Gasteiger partial charge on any atom is 0.305 e. The third-order valence-electron chi connectivity index (χ3n) is 13.2. The average Bonchev–Trinajstić information content (AvgIpc) is 3.29. The van der Waals surface area contributed by atoms with E-state index in [4.69, 9.17) is 4.74 Å². The van der Waals surface area contributed by atoms with Crippen molar-refractivity contribution < 1.29 is 24.5 Å². The number of hydrogen-bond acceptors (Lipinski definition) is 5. The molecule has 6 heteroatoms. The van der Waals surface area contributed by atoms with Gasteiger partial charge in [0, 0.05) is 12.8 Å². The molecule has 3 N–H and O–H groups in total. The van der Waals surface area contributed by atoms with Gasteiger partial charge in [-0.1, -0.05) is 263 Å². The van der Waals surface area contributed by atoms with E-state index in [1.165, 1.54) is 212 Å². The number of carbonyl (C=O) groups is 2. The summed E-state index contributed by atoms with van der Waals surface area (Å²) in [6, 6.07) is -0.639. The molecule has 64 heavy (non-hydrogen) atoms. The predicted octanol–water partition coefficient (Wildman–Crippen LogP) is 17.5. The van der Waals surface area contributed by atoms with Crippen LogP contribution in [0.2, 0.25) is 0 Å². The van der Waals surface area contributed by atoms with Crippen LogP contribution in [-0.4, -0.2) is 47.4 Å². The van der Waals surface area contributed by atoms with Crippen LogP contribution in [0.25, 0.3) is 0 Å². The second-order valence-electron chi connectivity index (χ2n) is 19.6. The Morgan fingerprint density at radius 1 is 0.422 bits per heavy atom. The number of unbranched alkanes of at least 4 members (excludes halogenated alkanes) is 40. The first kappa shape index (κ1) is 62.3. The maximum absolute atomic E-state index is 12.5. The number of nitrogens with one attached hydrogen (secondary N) is 1. The summed E-state index contributed by atoms with van der Waals surface area (Å²) in [6.07, 6.45) is 64.8. The normalized spacial score (nSPS) is 12.8. The van der Waals surface area contributed by atoms with E-state index < -0.39 is 12.1 Å². The Balaban J connectivity index is 3.49. The Kier molecular flexibility index (Phi) is 52.6. The topological polar surface area (TPSA) is 95.9 Å². The van der Waals surface area contributed by atoms with E-state index >= 15 is 0 Å². The molecule has 2 unspecified atom stereocenters. The number of amides is 1. The molecule has 1 amide bonds. The van der Waals surface area contributed by atoms with Gasteiger partial charge in [0.25, 0.3) is 0 Å². The van der Waals surface area contributed by atoms with E-state index in [1.807, 2.05) is 6.08 Å². The molecule has 0 saturated heterocycles. The molecular formula is C58H111NO5. The van der Waals surface area contributed by atoms with Gasteiger partial charge in [-0.25, -0.2) is 0 Å². The first-order valence-corrected chi connectivity index (χ1v) is 28.6. The SMILES string of the molecule is CCCCCCCCCCCCCCCCC/C=C/C(O)C(CO)NC(=O)CCCCCCCCC/C=C\CCCCCCOC(=O)CCCCCCCCCCCCCCCCC. The third-order valence-corrected chi connectivity index (χ3v) is 13.2. The molecule has 0 saturated carbocycles. The molecule has 2 atom stereocenters. The summed E-state index contributed by atoms with van der Waals surface area (Å²) in [7, 11) is 0. The summed E-state index contributed by atoms with van der Waals surface area (Å²) in [6.45, 7) is 4.88. The molecule has 0 aliphatic carbocycles. The van der Waals surface area contributed by atoms with E-state index in [1.54, 1.807) is 6.08 Å². The van der Waals surface area contributed by atoms with Crippen molar-refractivity contribution in [1.82, 2.24) is 5.32 Å². The van der Waals surface area contributed by atoms with Gasteiger partial charge in [-0.2, -0.15) is 0 Å². The fourth-order valence-electron chi connectivity index (χ4n) is 8.81. The van der Waals surface area contributed by atoms with E-state index in [-0.39, 0.29) is 18.5 Å². The minimum atomic E-state index is -0.854.